The summed E-state index contributed by atoms with van der Waals surface area (Å²) in [5.74, 6) is -0.454. The Bertz CT molecular complexity index is 1250. The van der Waals surface area contributed by atoms with E-state index >= 15 is 0 Å². The van der Waals surface area contributed by atoms with E-state index < -0.39 is 0 Å². The topological polar surface area (TPSA) is 43.9 Å². The number of rotatable bonds is 4. The fraction of sp³-hybridized carbons (Fsp3) is 0.259. The molecule has 0 radical (unpaired) electrons. The van der Waals surface area contributed by atoms with E-state index in [9.17, 15) is 9.59 Å². The molecule has 1 aromatic heterocycles. The zero-order chi connectivity index (χ0) is 23.1. The molecule has 0 atom stereocenters. The van der Waals surface area contributed by atoms with Gasteiger partial charge in [-0.25, -0.2) is 4.90 Å². The normalized spacial score (nSPS) is 16.9. The number of amides is 2. The molecule has 3 heterocycles. The molecule has 0 spiro atoms. The second-order valence-electron chi connectivity index (χ2n) is 8.75. The standard InChI is InChI=1S/C27H27N3O2S/c1-18-6-4-7-21(17-18)28-11-13-29(14-12-28)25-24(23-8-5-15-33-23)26(31)30(27(25)32)22-10-9-19(2)16-20(22)3/h4-10,15-17H,11-14H2,1-3H3. The highest BCUT2D eigenvalue weighted by atomic mass is 32.1. The van der Waals surface area contributed by atoms with Crippen molar-refractivity contribution in [2.75, 3.05) is 36.0 Å². The van der Waals surface area contributed by atoms with Crippen LogP contribution in [0.3, 0.4) is 0 Å². The Hall–Kier alpha value is -3.38. The van der Waals surface area contributed by atoms with Crippen LogP contribution in [0.4, 0.5) is 11.4 Å². The lowest BCUT2D eigenvalue weighted by molar-refractivity contribution is -0.120. The molecular weight excluding hydrogens is 430 g/mol. The van der Waals surface area contributed by atoms with Gasteiger partial charge in [0.15, 0.2) is 0 Å². The van der Waals surface area contributed by atoms with Crippen LogP contribution in [-0.2, 0) is 9.59 Å². The Balaban J connectivity index is 1.48. The monoisotopic (exact) mass is 457 g/mol. The minimum absolute atomic E-state index is 0.223. The first-order valence-corrected chi connectivity index (χ1v) is 12.1. The van der Waals surface area contributed by atoms with E-state index in [-0.39, 0.29) is 11.8 Å². The fourth-order valence-corrected chi connectivity index (χ4v) is 5.51. The summed E-state index contributed by atoms with van der Waals surface area (Å²) < 4.78 is 0. The lowest BCUT2D eigenvalue weighted by atomic mass is 10.1. The molecule has 0 N–H and O–H groups in total. The van der Waals surface area contributed by atoms with E-state index in [0.717, 1.165) is 29.1 Å². The molecule has 0 saturated carbocycles. The van der Waals surface area contributed by atoms with Crippen molar-refractivity contribution in [1.82, 2.24) is 4.90 Å². The maximum absolute atomic E-state index is 13.8. The van der Waals surface area contributed by atoms with Gasteiger partial charge < -0.3 is 9.80 Å². The summed E-state index contributed by atoms with van der Waals surface area (Å²) in [5.41, 5.74) is 6.19. The number of piperazine rings is 1. The molecule has 1 fully saturated rings. The van der Waals surface area contributed by atoms with E-state index in [2.05, 4.69) is 41.0 Å². The molecule has 1 saturated heterocycles. The summed E-state index contributed by atoms with van der Waals surface area (Å²) >= 11 is 1.50. The number of benzene rings is 2. The van der Waals surface area contributed by atoms with Crippen LogP contribution in [0.5, 0.6) is 0 Å². The number of anilines is 2. The molecule has 5 nitrogen and oxygen atoms in total. The maximum atomic E-state index is 13.8. The highest BCUT2D eigenvalue weighted by molar-refractivity contribution is 7.11. The molecular formula is C27H27N3O2S. The molecule has 3 aromatic rings. The van der Waals surface area contributed by atoms with Gasteiger partial charge in [0.05, 0.1) is 11.3 Å². The Morgan fingerprint density at radius 1 is 0.758 bits per heavy atom. The molecule has 0 unspecified atom stereocenters. The number of thiophene rings is 1. The van der Waals surface area contributed by atoms with Gasteiger partial charge >= 0.3 is 0 Å². The number of aryl methyl sites for hydroxylation is 3. The number of hydrogen-bond donors (Lipinski definition) is 0. The Morgan fingerprint density at radius 2 is 1.48 bits per heavy atom. The average molecular weight is 458 g/mol. The Labute approximate surface area is 198 Å². The van der Waals surface area contributed by atoms with Crippen LogP contribution in [0.15, 0.2) is 65.7 Å². The SMILES string of the molecule is Cc1cccc(N2CCN(C3=C(c4cccs4)C(=O)N(c4ccc(C)cc4C)C3=O)CC2)c1. The number of carbonyl (C=O) groups excluding carboxylic acids is 2. The largest absolute Gasteiger partial charge is 0.368 e. The third-order valence-corrected chi connectivity index (χ3v) is 7.27. The van der Waals surface area contributed by atoms with Crippen molar-refractivity contribution in [3.63, 3.8) is 0 Å². The van der Waals surface area contributed by atoms with Crippen molar-refractivity contribution in [2.45, 2.75) is 20.8 Å². The first-order chi connectivity index (χ1) is 15.9. The van der Waals surface area contributed by atoms with Crippen LogP contribution in [0.1, 0.15) is 21.6 Å². The van der Waals surface area contributed by atoms with Crippen LogP contribution in [0.2, 0.25) is 0 Å². The molecule has 0 aliphatic carbocycles. The summed E-state index contributed by atoms with van der Waals surface area (Å²) in [5, 5.41) is 1.95. The maximum Gasteiger partial charge on any atom is 0.282 e. The third-order valence-electron chi connectivity index (χ3n) is 6.38. The second-order valence-corrected chi connectivity index (χ2v) is 9.70. The molecule has 0 bridgehead atoms. The lowest BCUT2D eigenvalue weighted by Crippen LogP contribution is -2.47. The van der Waals surface area contributed by atoms with Crippen LogP contribution in [0.25, 0.3) is 5.57 Å². The van der Waals surface area contributed by atoms with Crippen molar-refractivity contribution < 1.29 is 9.59 Å². The Kier molecular flexibility index (Phi) is 5.54. The van der Waals surface area contributed by atoms with Gasteiger partial charge in [0.1, 0.15) is 5.70 Å². The minimum atomic E-state index is -0.231. The summed E-state index contributed by atoms with van der Waals surface area (Å²) in [6, 6.07) is 18.2. The van der Waals surface area contributed by atoms with Crippen LogP contribution >= 0.6 is 11.3 Å². The summed E-state index contributed by atoms with van der Waals surface area (Å²) in [6.45, 7) is 9.05. The molecule has 2 aliphatic rings. The Morgan fingerprint density at radius 3 is 2.15 bits per heavy atom. The van der Waals surface area contributed by atoms with Crippen LogP contribution < -0.4 is 9.80 Å². The molecule has 2 amide bonds. The van der Waals surface area contributed by atoms with Gasteiger partial charge in [-0.2, -0.15) is 0 Å². The van der Waals surface area contributed by atoms with E-state index in [1.165, 1.54) is 27.5 Å². The molecule has 6 heteroatoms. The van der Waals surface area contributed by atoms with E-state index in [4.69, 9.17) is 0 Å². The van der Waals surface area contributed by atoms with Gasteiger partial charge in [-0.15, -0.1) is 11.3 Å². The summed E-state index contributed by atoms with van der Waals surface area (Å²) in [4.78, 5) is 34.1. The van der Waals surface area contributed by atoms with Gasteiger partial charge in [0.25, 0.3) is 11.8 Å². The van der Waals surface area contributed by atoms with E-state index in [1.807, 2.05) is 49.6 Å². The number of hydrogen-bond acceptors (Lipinski definition) is 5. The van der Waals surface area contributed by atoms with Gasteiger partial charge in [-0.05, 0) is 61.5 Å². The molecule has 2 aromatic carbocycles. The van der Waals surface area contributed by atoms with E-state index in [1.54, 1.807) is 0 Å². The zero-order valence-corrected chi connectivity index (χ0v) is 20.0. The number of imide groups is 1. The molecule has 168 valence electrons. The molecule has 5 rings (SSSR count). The van der Waals surface area contributed by atoms with Crippen molar-refractivity contribution in [3.8, 4) is 0 Å². The van der Waals surface area contributed by atoms with Crippen molar-refractivity contribution in [1.29, 1.82) is 0 Å². The van der Waals surface area contributed by atoms with Gasteiger partial charge in [0, 0.05) is 36.7 Å². The average Bonchev–Trinajstić information content (AvgIpc) is 3.41. The van der Waals surface area contributed by atoms with Crippen molar-refractivity contribution >= 4 is 40.1 Å². The first-order valence-electron chi connectivity index (χ1n) is 11.2. The van der Waals surface area contributed by atoms with Gasteiger partial charge in [-0.3, -0.25) is 9.59 Å². The van der Waals surface area contributed by atoms with Gasteiger partial charge in [-0.1, -0.05) is 35.9 Å². The highest BCUT2D eigenvalue weighted by Crippen LogP contribution is 2.38. The summed E-state index contributed by atoms with van der Waals surface area (Å²) in [7, 11) is 0. The number of nitrogens with zero attached hydrogens (tertiary/aromatic N) is 3. The molecule has 33 heavy (non-hydrogen) atoms. The fourth-order valence-electron chi connectivity index (χ4n) is 4.74. The third kappa shape index (κ3) is 3.85. The van der Waals surface area contributed by atoms with Gasteiger partial charge in [0.2, 0.25) is 0 Å². The lowest BCUT2D eigenvalue weighted by Gasteiger charge is -2.37. The van der Waals surface area contributed by atoms with E-state index in [0.29, 0.717) is 30.0 Å². The first kappa shape index (κ1) is 21.5. The predicted octanol–water partition coefficient (Wildman–Crippen LogP) is 4.78. The highest BCUT2D eigenvalue weighted by Gasteiger charge is 2.43. The smallest absolute Gasteiger partial charge is 0.282 e. The molecule has 2 aliphatic heterocycles. The minimum Gasteiger partial charge on any atom is -0.368 e. The van der Waals surface area contributed by atoms with Crippen molar-refractivity contribution in [2.24, 2.45) is 0 Å². The van der Waals surface area contributed by atoms with Crippen LogP contribution in [-0.4, -0.2) is 42.9 Å². The second kappa shape index (κ2) is 8.52. The number of carbonyl (C=O) groups is 2. The predicted molar refractivity (Wildman–Crippen MR) is 135 cm³/mol. The quantitative estimate of drug-likeness (QED) is 0.529. The van der Waals surface area contributed by atoms with Crippen LogP contribution in [0, 0.1) is 20.8 Å². The zero-order valence-electron chi connectivity index (χ0n) is 19.2. The summed E-state index contributed by atoms with van der Waals surface area (Å²) in [6.07, 6.45) is 0. The van der Waals surface area contributed by atoms with Crippen molar-refractivity contribution in [3.05, 3.63) is 87.2 Å².